The number of hydrogen-bond acceptors (Lipinski definition) is 3. The molecule has 134 valence electrons. The number of anilines is 2. The van der Waals surface area contributed by atoms with Crippen LogP contribution >= 0.6 is 11.6 Å². The topological polar surface area (TPSA) is 33.3 Å². The minimum absolute atomic E-state index is 0.331. The molecule has 0 saturated heterocycles. The van der Waals surface area contributed by atoms with Crippen molar-refractivity contribution in [2.24, 2.45) is 0 Å². The molecule has 0 amide bonds. The Balaban J connectivity index is 1.60. The van der Waals surface area contributed by atoms with Gasteiger partial charge in [0.2, 0.25) is 0 Å². The predicted molar refractivity (Wildman–Crippen MR) is 105 cm³/mol. The van der Waals surface area contributed by atoms with E-state index < -0.39 is 0 Å². The van der Waals surface area contributed by atoms with Crippen LogP contribution in [0.4, 0.5) is 15.8 Å². The summed E-state index contributed by atoms with van der Waals surface area (Å²) in [7, 11) is 1.66. The van der Waals surface area contributed by atoms with Crippen molar-refractivity contribution in [2.75, 3.05) is 17.7 Å². The van der Waals surface area contributed by atoms with Crippen molar-refractivity contribution in [2.45, 2.75) is 13.1 Å². The van der Waals surface area contributed by atoms with Gasteiger partial charge in [-0.2, -0.15) is 0 Å². The summed E-state index contributed by atoms with van der Waals surface area (Å²) in [5.41, 5.74) is 3.95. The van der Waals surface area contributed by atoms with Crippen molar-refractivity contribution in [3.8, 4) is 5.75 Å². The first kappa shape index (κ1) is 18.1. The highest BCUT2D eigenvalue weighted by Crippen LogP contribution is 2.21. The van der Waals surface area contributed by atoms with E-state index in [4.69, 9.17) is 16.3 Å². The standard InChI is InChI=1S/C21H20ClFN2O/c1-26-20-7-2-4-15(10-20)13-24-18-5-3-6-19(12-18)25-14-16-8-9-17(23)11-21(16)22/h2-12,24-25H,13-14H2,1H3. The van der Waals surface area contributed by atoms with Crippen LogP contribution in [-0.4, -0.2) is 7.11 Å². The first-order chi connectivity index (χ1) is 12.6. The van der Waals surface area contributed by atoms with Crippen LogP contribution in [0.5, 0.6) is 5.75 Å². The smallest absolute Gasteiger partial charge is 0.124 e. The highest BCUT2D eigenvalue weighted by atomic mass is 35.5. The molecule has 0 heterocycles. The third kappa shape index (κ3) is 4.90. The summed E-state index contributed by atoms with van der Waals surface area (Å²) in [5, 5.41) is 7.13. The van der Waals surface area contributed by atoms with E-state index >= 15 is 0 Å². The average Bonchev–Trinajstić information content (AvgIpc) is 2.66. The number of ether oxygens (including phenoxy) is 1. The third-order valence-corrected chi connectivity index (χ3v) is 4.34. The first-order valence-corrected chi connectivity index (χ1v) is 8.66. The van der Waals surface area contributed by atoms with Crippen molar-refractivity contribution in [1.29, 1.82) is 0 Å². The Hall–Kier alpha value is -2.72. The average molecular weight is 371 g/mol. The van der Waals surface area contributed by atoms with Gasteiger partial charge in [-0.1, -0.05) is 35.9 Å². The van der Waals surface area contributed by atoms with Gasteiger partial charge in [-0.3, -0.25) is 0 Å². The highest BCUT2D eigenvalue weighted by Gasteiger charge is 2.03. The fourth-order valence-electron chi connectivity index (χ4n) is 2.59. The molecule has 3 nitrogen and oxygen atoms in total. The number of rotatable bonds is 7. The Morgan fingerprint density at radius 1 is 0.885 bits per heavy atom. The lowest BCUT2D eigenvalue weighted by molar-refractivity contribution is 0.414. The number of methoxy groups -OCH3 is 1. The van der Waals surface area contributed by atoms with Crippen LogP contribution in [0, 0.1) is 5.82 Å². The molecule has 0 spiro atoms. The quantitative estimate of drug-likeness (QED) is 0.558. The normalized spacial score (nSPS) is 10.4. The molecule has 0 saturated carbocycles. The molecular formula is C21H20ClFN2O. The number of halogens is 2. The van der Waals surface area contributed by atoms with Crippen molar-refractivity contribution < 1.29 is 9.13 Å². The van der Waals surface area contributed by atoms with Crippen LogP contribution in [-0.2, 0) is 13.1 Å². The summed E-state index contributed by atoms with van der Waals surface area (Å²) in [5.74, 6) is 0.512. The maximum atomic E-state index is 13.1. The monoisotopic (exact) mass is 370 g/mol. The minimum Gasteiger partial charge on any atom is -0.497 e. The number of nitrogens with one attached hydrogen (secondary N) is 2. The highest BCUT2D eigenvalue weighted by molar-refractivity contribution is 6.31. The van der Waals surface area contributed by atoms with E-state index in [0.717, 1.165) is 28.3 Å². The van der Waals surface area contributed by atoms with Crippen molar-refractivity contribution in [1.82, 2.24) is 0 Å². The fraction of sp³-hybridized carbons (Fsp3) is 0.143. The summed E-state index contributed by atoms with van der Waals surface area (Å²) in [6.07, 6.45) is 0. The van der Waals surface area contributed by atoms with Crippen molar-refractivity contribution in [3.63, 3.8) is 0 Å². The Bertz CT molecular complexity index is 885. The maximum Gasteiger partial charge on any atom is 0.124 e. The second-order valence-electron chi connectivity index (χ2n) is 5.88. The van der Waals surface area contributed by atoms with Gasteiger partial charge in [-0.05, 0) is 53.6 Å². The third-order valence-electron chi connectivity index (χ3n) is 3.99. The van der Waals surface area contributed by atoms with Gasteiger partial charge in [0.05, 0.1) is 7.11 Å². The number of benzene rings is 3. The molecule has 0 radical (unpaired) electrons. The molecule has 3 aromatic carbocycles. The molecule has 26 heavy (non-hydrogen) atoms. The Kier molecular flexibility index (Phi) is 5.97. The van der Waals surface area contributed by atoms with Crippen molar-refractivity contribution in [3.05, 3.63) is 88.7 Å². The second kappa shape index (κ2) is 8.59. The zero-order valence-corrected chi connectivity index (χ0v) is 15.2. The van der Waals surface area contributed by atoms with E-state index in [1.807, 2.05) is 48.5 Å². The molecule has 3 rings (SSSR count). The van der Waals surface area contributed by atoms with Crippen LogP contribution in [0.25, 0.3) is 0 Å². The molecule has 5 heteroatoms. The van der Waals surface area contributed by atoms with E-state index in [-0.39, 0.29) is 5.82 Å². The summed E-state index contributed by atoms with van der Waals surface area (Å²) in [6.45, 7) is 1.23. The Labute approximate surface area is 157 Å². The van der Waals surface area contributed by atoms with E-state index in [2.05, 4.69) is 10.6 Å². The molecule has 0 aliphatic rings. The molecule has 0 aliphatic carbocycles. The van der Waals surface area contributed by atoms with Gasteiger partial charge in [-0.25, -0.2) is 4.39 Å². The van der Waals surface area contributed by atoms with Crippen LogP contribution < -0.4 is 15.4 Å². The SMILES string of the molecule is COc1cccc(CNc2cccc(NCc3ccc(F)cc3Cl)c2)c1. The Morgan fingerprint density at radius 2 is 1.62 bits per heavy atom. The van der Waals surface area contributed by atoms with E-state index in [9.17, 15) is 4.39 Å². The lowest BCUT2D eigenvalue weighted by Crippen LogP contribution is -2.03. The molecule has 0 bridgehead atoms. The molecular weight excluding hydrogens is 351 g/mol. The zero-order chi connectivity index (χ0) is 18.4. The molecule has 0 fully saturated rings. The fourth-order valence-corrected chi connectivity index (χ4v) is 2.82. The Morgan fingerprint density at radius 3 is 2.35 bits per heavy atom. The van der Waals surface area contributed by atoms with Crippen LogP contribution in [0.15, 0.2) is 66.7 Å². The number of hydrogen-bond donors (Lipinski definition) is 2. The van der Waals surface area contributed by atoms with Crippen molar-refractivity contribution >= 4 is 23.0 Å². The zero-order valence-electron chi connectivity index (χ0n) is 14.4. The van der Waals surface area contributed by atoms with Crippen LogP contribution in [0.1, 0.15) is 11.1 Å². The predicted octanol–water partition coefficient (Wildman–Crippen LogP) is 5.71. The van der Waals surface area contributed by atoms with Gasteiger partial charge in [0.15, 0.2) is 0 Å². The summed E-state index contributed by atoms with van der Waals surface area (Å²) < 4.78 is 18.4. The van der Waals surface area contributed by atoms with Gasteiger partial charge in [0.25, 0.3) is 0 Å². The van der Waals surface area contributed by atoms with Crippen LogP contribution in [0.2, 0.25) is 5.02 Å². The minimum atomic E-state index is -0.331. The molecule has 3 aromatic rings. The van der Waals surface area contributed by atoms with E-state index in [0.29, 0.717) is 18.1 Å². The van der Waals surface area contributed by atoms with Gasteiger partial charge in [0, 0.05) is 29.5 Å². The van der Waals surface area contributed by atoms with Crippen LogP contribution in [0.3, 0.4) is 0 Å². The summed E-state index contributed by atoms with van der Waals surface area (Å²) in [6, 6.07) is 20.4. The molecule has 2 N–H and O–H groups in total. The molecule has 0 unspecified atom stereocenters. The first-order valence-electron chi connectivity index (χ1n) is 8.29. The van der Waals surface area contributed by atoms with E-state index in [1.165, 1.54) is 12.1 Å². The molecule has 0 aliphatic heterocycles. The summed E-state index contributed by atoms with van der Waals surface area (Å²) >= 11 is 6.07. The lowest BCUT2D eigenvalue weighted by atomic mass is 10.2. The van der Waals surface area contributed by atoms with Gasteiger partial charge < -0.3 is 15.4 Å². The summed E-state index contributed by atoms with van der Waals surface area (Å²) in [4.78, 5) is 0. The lowest BCUT2D eigenvalue weighted by Gasteiger charge is -2.12. The van der Waals surface area contributed by atoms with E-state index in [1.54, 1.807) is 13.2 Å². The van der Waals surface area contributed by atoms with Gasteiger partial charge >= 0.3 is 0 Å². The largest absolute Gasteiger partial charge is 0.497 e. The van der Waals surface area contributed by atoms with Gasteiger partial charge in [-0.15, -0.1) is 0 Å². The maximum absolute atomic E-state index is 13.1. The second-order valence-corrected chi connectivity index (χ2v) is 6.28. The van der Waals surface area contributed by atoms with Gasteiger partial charge in [0.1, 0.15) is 11.6 Å². The molecule has 0 aromatic heterocycles. The molecule has 0 atom stereocenters.